The van der Waals surface area contributed by atoms with Gasteiger partial charge in [-0.25, -0.2) is 0 Å². The molecule has 0 atom stereocenters. The van der Waals surface area contributed by atoms with Crippen molar-refractivity contribution in [1.29, 1.82) is 0 Å². The molecule has 0 rings (SSSR count). The Hall–Kier alpha value is -0.120. The molecule has 0 heterocycles. The molecular formula is C4H13N3. The molecule has 0 aliphatic carbocycles. The molecule has 7 heavy (non-hydrogen) atoms. The molecule has 0 fully saturated rings. The van der Waals surface area contributed by atoms with Crippen LogP contribution in [0.25, 0.3) is 0 Å². The van der Waals surface area contributed by atoms with Gasteiger partial charge in [-0.15, -0.1) is 0 Å². The first-order valence-corrected chi connectivity index (χ1v) is 2.52. The van der Waals surface area contributed by atoms with E-state index in [2.05, 4.69) is 5.32 Å². The zero-order valence-corrected chi connectivity index (χ0v) is 4.48. The predicted molar refractivity (Wildman–Crippen MR) is 31.0 cm³/mol. The molecule has 0 spiro atoms. The molecule has 0 saturated carbocycles. The van der Waals surface area contributed by atoms with E-state index in [1.54, 1.807) is 0 Å². The maximum absolute atomic E-state index is 5.17. The summed E-state index contributed by atoms with van der Waals surface area (Å²) < 4.78 is 0. The topological polar surface area (TPSA) is 64.1 Å². The summed E-state index contributed by atoms with van der Waals surface area (Å²) in [6, 6.07) is 0. The highest BCUT2D eigenvalue weighted by Crippen LogP contribution is 1.49. The Morgan fingerprint density at radius 1 is 1.00 bits per heavy atom. The van der Waals surface area contributed by atoms with Crippen LogP contribution in [-0.2, 0) is 0 Å². The monoisotopic (exact) mass is 106 g/mol. The maximum atomic E-state index is 5.17. The van der Waals surface area contributed by atoms with Gasteiger partial charge in [0.2, 0.25) is 0 Å². The summed E-state index contributed by atoms with van der Waals surface area (Å²) in [5, 5.41) is 3.03. The second kappa shape index (κ2) is 5.88. The molecule has 0 radical (unpaired) electrons. The minimum Gasteiger partial charge on any atom is -0.329 e. The Balaban J connectivity index is 2.45. The molecule has 0 aliphatic rings. The van der Waals surface area contributed by atoms with Gasteiger partial charge in [0.25, 0.3) is 0 Å². The average molecular weight is 106 g/mol. The van der Waals surface area contributed by atoms with E-state index < -0.39 is 0 Å². The largest absolute Gasteiger partial charge is 0.329 e. The maximum Gasteiger partial charge on any atom is 0.00750 e. The van der Waals surface area contributed by atoms with E-state index in [1.165, 1.54) is 0 Å². The van der Waals surface area contributed by atoms with Gasteiger partial charge in [0.1, 0.15) is 0 Å². The number of hydrogen-bond donors (Lipinski definition) is 3. The number of nitrogens with one attached hydrogen (secondary N) is 1. The highest BCUT2D eigenvalue weighted by Gasteiger charge is 1.76. The van der Waals surface area contributed by atoms with Crippen molar-refractivity contribution in [3.63, 3.8) is 0 Å². The van der Waals surface area contributed by atoms with Crippen LogP contribution in [0.5, 0.6) is 0 Å². The fraction of sp³-hybridized carbons (Fsp3) is 1.00. The zero-order valence-electron chi connectivity index (χ0n) is 4.48. The summed E-state index contributed by atoms with van der Waals surface area (Å²) in [6.07, 6.45) is 0. The van der Waals surface area contributed by atoms with Gasteiger partial charge in [0.05, 0.1) is 0 Å². The number of nitrogens with two attached hydrogens (primary N) is 2. The lowest BCUT2D eigenvalue weighted by atomic mass is 10.7. The van der Waals surface area contributed by atoms with Crippen LogP contribution in [0.2, 0.25) is 0 Å². The van der Waals surface area contributed by atoms with Crippen LogP contribution in [0.3, 0.4) is 0 Å². The van der Waals surface area contributed by atoms with Crippen molar-refractivity contribution in [2.75, 3.05) is 26.2 Å². The predicted octanol–water partition coefficient (Wildman–Crippen LogP) is -1.51. The van der Waals surface area contributed by atoms with Crippen molar-refractivity contribution >= 4 is 0 Å². The smallest absolute Gasteiger partial charge is 0.00750 e. The van der Waals surface area contributed by atoms with E-state index in [9.17, 15) is 0 Å². The van der Waals surface area contributed by atoms with E-state index in [4.69, 9.17) is 11.5 Å². The Labute approximate surface area is 44.1 Å². The third-order valence-electron chi connectivity index (χ3n) is 0.642. The molecule has 5 N–H and O–H groups in total. The lowest BCUT2D eigenvalue weighted by Crippen LogP contribution is -2.27. The van der Waals surface area contributed by atoms with E-state index >= 15 is 0 Å². The summed E-state index contributed by atoms with van der Waals surface area (Å²) in [7, 11) is 0. The van der Waals surface area contributed by atoms with Gasteiger partial charge in [0.15, 0.2) is 0 Å². The van der Waals surface area contributed by atoms with Crippen molar-refractivity contribution in [2.45, 2.75) is 0 Å². The van der Waals surface area contributed by atoms with Crippen LogP contribution >= 0.6 is 0 Å². The molecule has 0 aromatic rings. The van der Waals surface area contributed by atoms with E-state index in [-0.39, 0.29) is 0 Å². The molecule has 0 aliphatic heterocycles. The van der Waals surface area contributed by atoms with Crippen LogP contribution in [0.4, 0.5) is 0 Å². The normalized spacial score (nSPS) is 9.43. The number of rotatable bonds is 4. The Bertz CT molecular complexity index is 26.1. The summed E-state index contributed by atoms with van der Waals surface area (Å²) >= 11 is 0. The lowest BCUT2D eigenvalue weighted by Gasteiger charge is -1.95. The molecule has 0 aromatic carbocycles. The Kier molecular flexibility index (Phi) is 5.78. The van der Waals surface area contributed by atoms with Gasteiger partial charge in [-0.2, -0.15) is 0 Å². The second-order valence-electron chi connectivity index (χ2n) is 1.33. The van der Waals surface area contributed by atoms with Crippen molar-refractivity contribution in [3.05, 3.63) is 0 Å². The molecule has 0 aromatic heterocycles. The summed E-state index contributed by atoms with van der Waals surface area (Å²) in [5.41, 5.74) is 10.3. The fourth-order valence-electron chi connectivity index (χ4n) is 0.329. The van der Waals surface area contributed by atoms with Crippen molar-refractivity contribution in [2.24, 2.45) is 11.5 Å². The van der Waals surface area contributed by atoms with Gasteiger partial charge in [-0.1, -0.05) is 0 Å². The van der Waals surface area contributed by atoms with E-state index in [1.807, 2.05) is 0 Å². The molecule has 3 nitrogen and oxygen atoms in total. The first-order valence-electron chi connectivity index (χ1n) is 2.52. The van der Waals surface area contributed by atoms with Gasteiger partial charge >= 0.3 is 0 Å². The standard InChI is InChI=1S/C4H13N3/c5-1-3-7-4-2-6/h7H,1-6H2/i5+1,6+1,7+1. The van der Waals surface area contributed by atoms with Crippen LogP contribution in [0, 0.1) is 0 Å². The van der Waals surface area contributed by atoms with Gasteiger partial charge in [-0.05, 0) is 0 Å². The molecule has 44 valence electrons. The molecule has 0 bridgehead atoms. The van der Waals surface area contributed by atoms with Gasteiger partial charge < -0.3 is 16.8 Å². The van der Waals surface area contributed by atoms with Crippen LogP contribution < -0.4 is 16.8 Å². The SMILES string of the molecule is [15NH2]CC[15NH]CC[15NH2]. The molecule has 0 amide bonds. The van der Waals surface area contributed by atoms with Gasteiger partial charge in [0, 0.05) is 26.2 Å². The van der Waals surface area contributed by atoms with Crippen molar-refractivity contribution in [3.8, 4) is 0 Å². The van der Waals surface area contributed by atoms with Crippen molar-refractivity contribution < 1.29 is 0 Å². The minimum absolute atomic E-state index is 0.694. The Morgan fingerprint density at radius 3 is 1.71 bits per heavy atom. The highest BCUT2D eigenvalue weighted by molar-refractivity contribution is 4.45. The first-order chi connectivity index (χ1) is 3.41. The second-order valence-corrected chi connectivity index (χ2v) is 1.33. The molecular weight excluding hydrogens is 93.0 g/mol. The quantitative estimate of drug-likeness (QED) is 0.302. The molecule has 0 saturated heterocycles. The molecule has 3 heteroatoms. The minimum atomic E-state index is 0.694. The third-order valence-corrected chi connectivity index (χ3v) is 0.642. The lowest BCUT2D eigenvalue weighted by molar-refractivity contribution is 0.696. The summed E-state index contributed by atoms with van der Waals surface area (Å²) in [4.78, 5) is 0. The van der Waals surface area contributed by atoms with Crippen LogP contribution in [0.1, 0.15) is 0 Å². The molecule has 0 unspecified atom stereocenters. The fourth-order valence-corrected chi connectivity index (χ4v) is 0.329. The third kappa shape index (κ3) is 5.88. The van der Waals surface area contributed by atoms with Gasteiger partial charge in [-0.3, -0.25) is 0 Å². The van der Waals surface area contributed by atoms with E-state index in [0.29, 0.717) is 13.1 Å². The zero-order chi connectivity index (χ0) is 5.54. The summed E-state index contributed by atoms with van der Waals surface area (Å²) in [6.45, 7) is 3.13. The first kappa shape index (κ1) is 6.88. The highest BCUT2D eigenvalue weighted by atomic mass is 15.6. The average Bonchev–Trinajstić information content (AvgIpc) is 1.69. The van der Waals surface area contributed by atoms with Crippen molar-refractivity contribution in [1.82, 2.24) is 5.32 Å². The van der Waals surface area contributed by atoms with Crippen LogP contribution in [-0.4, -0.2) is 26.2 Å². The van der Waals surface area contributed by atoms with E-state index in [0.717, 1.165) is 13.1 Å². The number of hydrogen-bond acceptors (Lipinski definition) is 3. The summed E-state index contributed by atoms with van der Waals surface area (Å²) in [5.74, 6) is 0. The van der Waals surface area contributed by atoms with Crippen LogP contribution in [0.15, 0.2) is 0 Å². The Morgan fingerprint density at radius 2 is 1.43 bits per heavy atom.